The van der Waals surface area contributed by atoms with Gasteiger partial charge in [-0.25, -0.2) is 9.37 Å². The van der Waals surface area contributed by atoms with Crippen LogP contribution in [0.2, 0.25) is 0 Å². The molecule has 1 unspecified atom stereocenters. The van der Waals surface area contributed by atoms with E-state index in [0.717, 1.165) is 83.5 Å². The number of rotatable bonds is 9. The van der Waals surface area contributed by atoms with Crippen LogP contribution in [0.3, 0.4) is 0 Å². The molecule has 2 fully saturated rings. The molecule has 2 aromatic rings. The number of anilines is 1. The summed E-state index contributed by atoms with van der Waals surface area (Å²) in [4.78, 5) is 13.4. The van der Waals surface area contributed by atoms with Crippen LogP contribution in [0.15, 0.2) is 46.1 Å². The van der Waals surface area contributed by atoms with Crippen molar-refractivity contribution >= 4 is 11.8 Å². The molecule has 2 aliphatic heterocycles. The van der Waals surface area contributed by atoms with Crippen molar-refractivity contribution in [2.45, 2.75) is 25.3 Å². The normalized spacial score (nSPS) is 20.0. The summed E-state index contributed by atoms with van der Waals surface area (Å²) in [5, 5.41) is 6.96. The summed E-state index contributed by atoms with van der Waals surface area (Å²) in [5.74, 6) is 1.89. The Morgan fingerprint density at radius 3 is 2.94 bits per heavy atom. The summed E-state index contributed by atoms with van der Waals surface area (Å²) < 4.78 is 24.9. The van der Waals surface area contributed by atoms with E-state index in [-0.39, 0.29) is 11.9 Å². The topological polar surface area (TPSA) is 78.2 Å². The Morgan fingerprint density at radius 1 is 1.22 bits per heavy atom. The number of nitrogens with zero attached hydrogens (tertiary/aromatic N) is 4. The highest BCUT2D eigenvalue weighted by molar-refractivity contribution is 5.80. The predicted octanol–water partition coefficient (Wildman–Crippen LogP) is 1.89. The van der Waals surface area contributed by atoms with E-state index >= 15 is 0 Å². The van der Waals surface area contributed by atoms with Gasteiger partial charge in [-0.2, -0.15) is 0 Å². The zero-order valence-electron chi connectivity index (χ0n) is 18.5. The van der Waals surface area contributed by atoms with E-state index in [2.05, 4.69) is 20.5 Å². The average Bonchev–Trinajstić information content (AvgIpc) is 3.50. The number of furan rings is 1. The molecule has 2 aliphatic rings. The third-order valence-corrected chi connectivity index (χ3v) is 5.82. The summed E-state index contributed by atoms with van der Waals surface area (Å²) in [6.07, 6.45) is 6.02. The molecule has 174 valence electrons. The van der Waals surface area contributed by atoms with Crippen LogP contribution in [0.1, 0.15) is 18.6 Å². The van der Waals surface area contributed by atoms with Gasteiger partial charge in [-0.1, -0.05) is 0 Å². The second-order valence-electron chi connectivity index (χ2n) is 8.18. The highest BCUT2D eigenvalue weighted by Crippen LogP contribution is 2.20. The molecule has 4 rings (SSSR count). The first kappa shape index (κ1) is 22.5. The Balaban J connectivity index is 1.28. The SMILES string of the molecule is Fc1cccnc1N1CCC(NC(=NCCCN2CCOCC2)NCCc2ccco2)C1. The van der Waals surface area contributed by atoms with E-state index in [1.54, 1.807) is 18.5 Å². The third-order valence-electron chi connectivity index (χ3n) is 5.82. The fourth-order valence-electron chi connectivity index (χ4n) is 4.10. The van der Waals surface area contributed by atoms with Crippen molar-refractivity contribution in [3.8, 4) is 0 Å². The fraction of sp³-hybridized carbons (Fsp3) is 0.565. The maximum absolute atomic E-state index is 14.1. The lowest BCUT2D eigenvalue weighted by Gasteiger charge is -2.26. The minimum absolute atomic E-state index is 0.186. The van der Waals surface area contributed by atoms with E-state index in [4.69, 9.17) is 14.1 Å². The Morgan fingerprint density at radius 2 is 2.12 bits per heavy atom. The molecule has 2 saturated heterocycles. The van der Waals surface area contributed by atoms with Crippen molar-refractivity contribution in [1.82, 2.24) is 20.5 Å². The van der Waals surface area contributed by atoms with Gasteiger partial charge in [0.25, 0.3) is 0 Å². The van der Waals surface area contributed by atoms with Gasteiger partial charge in [0.15, 0.2) is 17.6 Å². The first-order valence-corrected chi connectivity index (χ1v) is 11.5. The molecule has 0 spiro atoms. The second-order valence-corrected chi connectivity index (χ2v) is 8.18. The Hall–Kier alpha value is -2.65. The molecule has 32 heavy (non-hydrogen) atoms. The van der Waals surface area contributed by atoms with Gasteiger partial charge in [0.2, 0.25) is 0 Å². The third kappa shape index (κ3) is 6.67. The summed E-state index contributed by atoms with van der Waals surface area (Å²) in [5.41, 5.74) is 0. The van der Waals surface area contributed by atoms with Crippen LogP contribution in [0.5, 0.6) is 0 Å². The molecule has 0 bridgehead atoms. The molecular formula is C23H33FN6O2. The van der Waals surface area contributed by atoms with E-state index in [1.165, 1.54) is 6.07 Å². The first-order valence-electron chi connectivity index (χ1n) is 11.5. The highest BCUT2D eigenvalue weighted by atomic mass is 19.1. The number of hydrogen-bond acceptors (Lipinski definition) is 6. The number of morpholine rings is 1. The monoisotopic (exact) mass is 444 g/mol. The number of nitrogens with one attached hydrogen (secondary N) is 2. The van der Waals surface area contributed by atoms with Crippen LogP contribution < -0.4 is 15.5 Å². The second kappa shape index (κ2) is 11.8. The quantitative estimate of drug-likeness (QED) is 0.347. The zero-order valence-corrected chi connectivity index (χ0v) is 18.5. The summed E-state index contributed by atoms with van der Waals surface area (Å²) in [7, 11) is 0. The van der Waals surface area contributed by atoms with Crippen molar-refractivity contribution < 1.29 is 13.5 Å². The maximum atomic E-state index is 14.1. The number of ether oxygens (including phenoxy) is 1. The molecule has 2 N–H and O–H groups in total. The van der Waals surface area contributed by atoms with Crippen LogP contribution in [0.4, 0.5) is 10.2 Å². The molecule has 0 amide bonds. The van der Waals surface area contributed by atoms with Crippen LogP contribution in [-0.4, -0.2) is 80.9 Å². The predicted molar refractivity (Wildman–Crippen MR) is 123 cm³/mol. The lowest BCUT2D eigenvalue weighted by atomic mass is 10.2. The van der Waals surface area contributed by atoms with Crippen molar-refractivity contribution in [2.24, 2.45) is 4.99 Å². The van der Waals surface area contributed by atoms with Gasteiger partial charge in [0.1, 0.15) is 5.76 Å². The fourth-order valence-corrected chi connectivity index (χ4v) is 4.10. The number of pyridine rings is 1. The molecule has 0 radical (unpaired) electrons. The Kier molecular flexibility index (Phi) is 8.33. The number of aliphatic imine (C=N–C) groups is 1. The van der Waals surface area contributed by atoms with E-state index < -0.39 is 0 Å². The van der Waals surface area contributed by atoms with Crippen molar-refractivity contribution in [3.05, 3.63) is 48.3 Å². The molecule has 0 aliphatic carbocycles. The molecule has 4 heterocycles. The smallest absolute Gasteiger partial charge is 0.191 e. The maximum Gasteiger partial charge on any atom is 0.191 e. The number of aromatic nitrogens is 1. The zero-order chi connectivity index (χ0) is 22.0. The van der Waals surface area contributed by atoms with Gasteiger partial charge >= 0.3 is 0 Å². The summed E-state index contributed by atoms with van der Waals surface area (Å²) >= 11 is 0. The summed E-state index contributed by atoms with van der Waals surface area (Å²) in [6.45, 7) is 7.60. The minimum Gasteiger partial charge on any atom is -0.469 e. The number of guanidine groups is 1. The van der Waals surface area contributed by atoms with Gasteiger partial charge in [0, 0.05) is 64.5 Å². The lowest BCUT2D eigenvalue weighted by molar-refractivity contribution is 0.0377. The van der Waals surface area contributed by atoms with Crippen molar-refractivity contribution in [1.29, 1.82) is 0 Å². The molecule has 0 saturated carbocycles. The van der Waals surface area contributed by atoms with Gasteiger partial charge in [-0.15, -0.1) is 0 Å². The molecule has 1 atom stereocenters. The molecule has 2 aromatic heterocycles. The lowest BCUT2D eigenvalue weighted by Crippen LogP contribution is -2.45. The average molecular weight is 445 g/mol. The molecule has 0 aromatic carbocycles. The van der Waals surface area contributed by atoms with Gasteiger partial charge in [0.05, 0.1) is 19.5 Å². The van der Waals surface area contributed by atoms with Gasteiger partial charge < -0.3 is 24.7 Å². The standard InChI is InChI=1S/C23H33FN6O2/c24-21-5-1-8-25-22(21)30-12-7-19(18-30)28-23(27-10-6-20-4-2-15-32-20)26-9-3-11-29-13-16-31-17-14-29/h1-2,4-5,8,15,19H,3,6-7,9-14,16-18H2,(H2,26,27,28). The van der Waals surface area contributed by atoms with Crippen LogP contribution >= 0.6 is 0 Å². The number of hydrogen-bond donors (Lipinski definition) is 2. The highest BCUT2D eigenvalue weighted by Gasteiger charge is 2.26. The largest absolute Gasteiger partial charge is 0.469 e. The van der Waals surface area contributed by atoms with Crippen molar-refractivity contribution in [3.63, 3.8) is 0 Å². The van der Waals surface area contributed by atoms with Crippen molar-refractivity contribution in [2.75, 3.05) is 63.9 Å². The van der Waals surface area contributed by atoms with E-state index in [0.29, 0.717) is 12.4 Å². The minimum atomic E-state index is -0.276. The van der Waals surface area contributed by atoms with E-state index in [9.17, 15) is 4.39 Å². The van der Waals surface area contributed by atoms with Crippen LogP contribution in [0.25, 0.3) is 0 Å². The Labute approximate surface area is 188 Å². The number of halogens is 1. The molecule has 9 heteroatoms. The molecule has 8 nitrogen and oxygen atoms in total. The molecular weight excluding hydrogens is 411 g/mol. The Bertz CT molecular complexity index is 841. The first-order chi connectivity index (χ1) is 15.8. The van der Waals surface area contributed by atoms with Crippen LogP contribution in [-0.2, 0) is 11.2 Å². The van der Waals surface area contributed by atoms with Gasteiger partial charge in [-0.3, -0.25) is 9.89 Å². The van der Waals surface area contributed by atoms with Gasteiger partial charge in [-0.05, 0) is 37.1 Å². The summed E-state index contributed by atoms with van der Waals surface area (Å²) in [6, 6.07) is 7.14. The van der Waals surface area contributed by atoms with Crippen LogP contribution in [0, 0.1) is 5.82 Å². The van der Waals surface area contributed by atoms with E-state index in [1.807, 2.05) is 17.0 Å².